The van der Waals surface area contributed by atoms with Gasteiger partial charge in [-0.25, -0.2) is 4.39 Å². The van der Waals surface area contributed by atoms with Crippen molar-refractivity contribution in [2.45, 2.75) is 12.8 Å². The van der Waals surface area contributed by atoms with E-state index in [4.69, 9.17) is 10.4 Å². The zero-order valence-electron chi connectivity index (χ0n) is 11.7. The van der Waals surface area contributed by atoms with Crippen LogP contribution in [0.4, 0.5) is 10.1 Å². The zero-order valence-corrected chi connectivity index (χ0v) is 11.7. The van der Waals surface area contributed by atoms with Gasteiger partial charge in [-0.05, 0) is 37.0 Å². The lowest BCUT2D eigenvalue weighted by Gasteiger charge is -2.34. The highest BCUT2D eigenvalue weighted by Crippen LogP contribution is 2.24. The first kappa shape index (κ1) is 15.3. The van der Waals surface area contributed by atoms with Crippen LogP contribution in [0.3, 0.4) is 0 Å². The molecule has 5 nitrogen and oxygen atoms in total. The van der Waals surface area contributed by atoms with Crippen molar-refractivity contribution >= 4 is 11.7 Å². The Bertz CT molecular complexity index is 556. The Morgan fingerprint density at radius 1 is 1.52 bits per heavy atom. The molecule has 0 aliphatic carbocycles. The summed E-state index contributed by atoms with van der Waals surface area (Å²) in [7, 11) is 0. The quantitative estimate of drug-likeness (QED) is 0.861. The van der Waals surface area contributed by atoms with Crippen LogP contribution in [-0.2, 0) is 4.79 Å². The molecule has 1 atom stereocenters. The van der Waals surface area contributed by atoms with Crippen LogP contribution in [-0.4, -0.2) is 37.3 Å². The highest BCUT2D eigenvalue weighted by atomic mass is 19.1. The van der Waals surface area contributed by atoms with Gasteiger partial charge in [0.2, 0.25) is 0 Å². The zero-order chi connectivity index (χ0) is 15.2. The summed E-state index contributed by atoms with van der Waals surface area (Å²) in [6.07, 6.45) is 1.99. The largest absolute Gasteiger partial charge is 0.480 e. The third-order valence-corrected chi connectivity index (χ3v) is 3.61. The average molecular weight is 291 g/mol. The van der Waals surface area contributed by atoms with Gasteiger partial charge in [-0.3, -0.25) is 4.79 Å². The van der Waals surface area contributed by atoms with Crippen molar-refractivity contribution in [2.75, 3.05) is 31.1 Å². The maximum absolute atomic E-state index is 13.5. The first-order valence-electron chi connectivity index (χ1n) is 6.96. The molecule has 1 heterocycles. The fraction of sp³-hybridized carbons (Fsp3) is 0.467. The Morgan fingerprint density at radius 3 is 3.05 bits per heavy atom. The van der Waals surface area contributed by atoms with Crippen LogP contribution in [0, 0.1) is 23.1 Å². The summed E-state index contributed by atoms with van der Waals surface area (Å²) in [4.78, 5) is 12.5. The third kappa shape index (κ3) is 4.43. The summed E-state index contributed by atoms with van der Waals surface area (Å²) in [5.41, 5.74) is 1.03. The minimum atomic E-state index is -0.869. The topological polar surface area (TPSA) is 76.4 Å². The molecule has 1 aliphatic rings. The second-order valence-electron chi connectivity index (χ2n) is 5.29. The summed E-state index contributed by atoms with van der Waals surface area (Å²) >= 11 is 0. The average Bonchev–Trinajstić information content (AvgIpc) is 2.46. The number of carbonyl (C=O) groups is 1. The fourth-order valence-corrected chi connectivity index (χ4v) is 2.67. The molecule has 6 heteroatoms. The number of hydrogen-bond donors (Lipinski definition) is 2. The van der Waals surface area contributed by atoms with E-state index in [1.54, 1.807) is 6.07 Å². The van der Waals surface area contributed by atoms with Crippen molar-refractivity contribution in [3.63, 3.8) is 0 Å². The Morgan fingerprint density at radius 2 is 2.33 bits per heavy atom. The van der Waals surface area contributed by atoms with E-state index in [2.05, 4.69) is 10.2 Å². The molecule has 0 amide bonds. The molecular weight excluding hydrogens is 273 g/mol. The Hall–Kier alpha value is -2.13. The minimum absolute atomic E-state index is 0.0466. The second kappa shape index (κ2) is 7.04. The van der Waals surface area contributed by atoms with Crippen LogP contribution in [0.1, 0.15) is 18.4 Å². The summed E-state index contributed by atoms with van der Waals surface area (Å²) in [5.74, 6) is -0.950. The van der Waals surface area contributed by atoms with E-state index in [0.29, 0.717) is 18.0 Å². The van der Waals surface area contributed by atoms with Gasteiger partial charge >= 0.3 is 5.97 Å². The molecule has 0 radical (unpaired) electrons. The van der Waals surface area contributed by atoms with E-state index in [1.807, 2.05) is 6.07 Å². The predicted molar refractivity (Wildman–Crippen MR) is 76.6 cm³/mol. The molecule has 21 heavy (non-hydrogen) atoms. The highest BCUT2D eigenvalue weighted by molar-refractivity contribution is 5.69. The Kier molecular flexibility index (Phi) is 5.12. The molecule has 2 N–H and O–H groups in total. The first-order valence-corrected chi connectivity index (χ1v) is 6.96. The minimum Gasteiger partial charge on any atom is -0.480 e. The van der Waals surface area contributed by atoms with Crippen molar-refractivity contribution < 1.29 is 14.3 Å². The fourth-order valence-electron chi connectivity index (χ4n) is 2.67. The van der Waals surface area contributed by atoms with Gasteiger partial charge in [0, 0.05) is 25.3 Å². The van der Waals surface area contributed by atoms with Gasteiger partial charge in [0.1, 0.15) is 5.82 Å². The lowest BCUT2D eigenvalue weighted by Crippen LogP contribution is -2.40. The van der Waals surface area contributed by atoms with E-state index in [9.17, 15) is 9.18 Å². The predicted octanol–water partition coefficient (Wildman–Crippen LogP) is 1.59. The second-order valence-corrected chi connectivity index (χ2v) is 5.29. The number of carboxylic acids is 1. The van der Waals surface area contributed by atoms with Crippen LogP contribution in [0.15, 0.2) is 18.2 Å². The van der Waals surface area contributed by atoms with Gasteiger partial charge < -0.3 is 15.3 Å². The van der Waals surface area contributed by atoms with Gasteiger partial charge in [0.15, 0.2) is 0 Å². The number of aliphatic carboxylic acids is 1. The molecule has 0 bridgehead atoms. The van der Waals surface area contributed by atoms with Crippen LogP contribution < -0.4 is 10.2 Å². The molecule has 1 aromatic rings. The number of rotatable bonds is 5. The maximum Gasteiger partial charge on any atom is 0.317 e. The molecule has 1 fully saturated rings. The van der Waals surface area contributed by atoms with E-state index in [0.717, 1.165) is 31.6 Å². The Balaban J connectivity index is 1.99. The number of benzene rings is 1. The SMILES string of the molecule is N#Cc1cc(F)cc(N2CCCC(CNCC(=O)O)C2)c1. The number of anilines is 1. The summed E-state index contributed by atoms with van der Waals surface area (Å²) in [6.45, 7) is 2.14. The number of piperidine rings is 1. The third-order valence-electron chi connectivity index (χ3n) is 3.61. The van der Waals surface area contributed by atoms with Crippen molar-refractivity contribution in [1.82, 2.24) is 5.32 Å². The molecule has 1 unspecified atom stereocenters. The molecule has 1 aliphatic heterocycles. The molecule has 0 spiro atoms. The highest BCUT2D eigenvalue weighted by Gasteiger charge is 2.20. The van der Waals surface area contributed by atoms with E-state index in [-0.39, 0.29) is 6.54 Å². The van der Waals surface area contributed by atoms with Crippen LogP contribution in [0.5, 0.6) is 0 Å². The summed E-state index contributed by atoms with van der Waals surface area (Å²) < 4.78 is 13.5. The van der Waals surface area contributed by atoms with Gasteiger partial charge in [-0.1, -0.05) is 0 Å². The first-order chi connectivity index (χ1) is 10.1. The summed E-state index contributed by atoms with van der Waals surface area (Å²) in [6, 6.07) is 6.31. The molecule has 0 aromatic heterocycles. The van der Waals surface area contributed by atoms with Crippen molar-refractivity contribution in [2.24, 2.45) is 5.92 Å². The molecular formula is C15H18FN3O2. The Labute approximate surface area is 123 Å². The van der Waals surface area contributed by atoms with Gasteiger partial charge in [-0.2, -0.15) is 5.26 Å². The number of halogens is 1. The lowest BCUT2D eigenvalue weighted by atomic mass is 9.97. The van der Waals surface area contributed by atoms with E-state index < -0.39 is 11.8 Å². The van der Waals surface area contributed by atoms with Crippen molar-refractivity contribution in [1.29, 1.82) is 5.26 Å². The smallest absolute Gasteiger partial charge is 0.317 e. The van der Waals surface area contributed by atoms with Crippen molar-refractivity contribution in [3.05, 3.63) is 29.6 Å². The molecule has 1 aromatic carbocycles. The molecule has 2 rings (SSSR count). The summed E-state index contributed by atoms with van der Waals surface area (Å²) in [5, 5.41) is 20.4. The standard InChI is InChI=1S/C15H18FN3O2/c16-13-4-12(7-17)5-14(6-13)19-3-1-2-11(10-19)8-18-9-15(20)21/h4-6,11,18H,1-3,8-10H2,(H,20,21). The molecule has 112 valence electrons. The molecule has 1 saturated heterocycles. The monoisotopic (exact) mass is 291 g/mol. The van der Waals surface area contributed by atoms with E-state index >= 15 is 0 Å². The normalized spacial score (nSPS) is 18.3. The van der Waals surface area contributed by atoms with Gasteiger partial charge in [0.05, 0.1) is 18.2 Å². The number of nitrogens with zero attached hydrogens (tertiary/aromatic N) is 2. The maximum atomic E-state index is 13.5. The number of nitrogens with one attached hydrogen (secondary N) is 1. The lowest BCUT2D eigenvalue weighted by molar-refractivity contribution is -0.136. The number of hydrogen-bond acceptors (Lipinski definition) is 4. The van der Waals surface area contributed by atoms with Crippen LogP contribution >= 0.6 is 0 Å². The molecule has 0 saturated carbocycles. The van der Waals surface area contributed by atoms with E-state index in [1.165, 1.54) is 12.1 Å². The van der Waals surface area contributed by atoms with Crippen molar-refractivity contribution in [3.8, 4) is 6.07 Å². The van der Waals surface area contributed by atoms with Crippen LogP contribution in [0.25, 0.3) is 0 Å². The number of carboxylic acid groups (broad SMARTS) is 1. The van der Waals surface area contributed by atoms with Crippen LogP contribution in [0.2, 0.25) is 0 Å². The number of nitriles is 1. The van der Waals surface area contributed by atoms with Gasteiger partial charge in [-0.15, -0.1) is 0 Å². The van der Waals surface area contributed by atoms with Gasteiger partial charge in [0.25, 0.3) is 0 Å².